The van der Waals surface area contributed by atoms with Gasteiger partial charge < -0.3 is 14.2 Å². The summed E-state index contributed by atoms with van der Waals surface area (Å²) in [6.45, 7) is -0.338. The van der Waals surface area contributed by atoms with Crippen LogP contribution in [0.4, 0.5) is 0 Å². The monoisotopic (exact) mass is 314 g/mol. The smallest absolute Gasteiger partial charge is 0.310 e. The number of carbonyl (C=O) groups excluding carboxylic acids is 2. The molecule has 0 aliphatic carbocycles. The van der Waals surface area contributed by atoms with Gasteiger partial charge in [0.15, 0.2) is 6.61 Å². The highest BCUT2D eigenvalue weighted by Crippen LogP contribution is 2.24. The third-order valence-corrected chi connectivity index (χ3v) is 3.26. The lowest BCUT2D eigenvalue weighted by Gasteiger charge is -2.10. The number of hydrogen-bond donors (Lipinski definition) is 0. The Morgan fingerprint density at radius 1 is 0.957 bits per heavy atom. The van der Waals surface area contributed by atoms with Crippen LogP contribution in [0.15, 0.2) is 48.5 Å². The Kier molecular flexibility index (Phi) is 5.74. The van der Waals surface area contributed by atoms with E-state index in [4.69, 9.17) is 14.2 Å². The van der Waals surface area contributed by atoms with E-state index in [0.29, 0.717) is 17.1 Å². The molecule has 23 heavy (non-hydrogen) atoms. The van der Waals surface area contributed by atoms with E-state index in [9.17, 15) is 9.59 Å². The summed E-state index contributed by atoms with van der Waals surface area (Å²) in [5.41, 5.74) is 1.16. The fourth-order valence-electron chi connectivity index (χ4n) is 2.07. The summed E-state index contributed by atoms with van der Waals surface area (Å²) in [4.78, 5) is 24.0. The molecule has 5 nitrogen and oxygen atoms in total. The topological polar surface area (TPSA) is 61.8 Å². The summed E-state index contributed by atoms with van der Waals surface area (Å²) in [6.07, 6.45) is 0.128. The van der Waals surface area contributed by atoms with Gasteiger partial charge >= 0.3 is 5.97 Å². The molecule has 0 aliphatic heterocycles. The van der Waals surface area contributed by atoms with E-state index in [1.54, 1.807) is 18.2 Å². The van der Waals surface area contributed by atoms with Crippen molar-refractivity contribution >= 4 is 11.8 Å². The van der Waals surface area contributed by atoms with Gasteiger partial charge in [-0.25, -0.2) is 0 Å². The number of ether oxygens (including phenoxy) is 3. The zero-order valence-electron chi connectivity index (χ0n) is 13.1. The molecule has 0 bridgehead atoms. The molecule has 0 atom stereocenters. The number of rotatable bonds is 7. The number of methoxy groups -OCH3 is 2. The van der Waals surface area contributed by atoms with Gasteiger partial charge in [-0.1, -0.05) is 30.3 Å². The second-order valence-electron chi connectivity index (χ2n) is 4.81. The van der Waals surface area contributed by atoms with E-state index in [-0.39, 0.29) is 18.8 Å². The standard InChI is InChI=1S/C18H18O5/c1-21-14-8-9-17(22-2)15(11-14)16(19)12-23-18(20)10-13-6-4-3-5-7-13/h3-9,11H,10,12H2,1-2H3. The molecule has 0 spiro atoms. The number of hydrogen-bond acceptors (Lipinski definition) is 5. The molecular formula is C18H18O5. The number of Topliss-reactive ketones (excluding diaryl/α,β-unsaturated/α-hetero) is 1. The lowest BCUT2D eigenvalue weighted by Crippen LogP contribution is -2.16. The van der Waals surface area contributed by atoms with Gasteiger partial charge in [0.25, 0.3) is 0 Å². The van der Waals surface area contributed by atoms with Gasteiger partial charge in [0.2, 0.25) is 5.78 Å². The van der Waals surface area contributed by atoms with E-state index in [1.807, 2.05) is 30.3 Å². The maximum Gasteiger partial charge on any atom is 0.310 e. The quantitative estimate of drug-likeness (QED) is 0.581. The fraction of sp³-hybridized carbons (Fsp3) is 0.222. The van der Waals surface area contributed by atoms with Gasteiger partial charge in [-0.05, 0) is 23.8 Å². The van der Waals surface area contributed by atoms with Crippen LogP contribution >= 0.6 is 0 Å². The molecule has 0 aliphatic rings. The summed E-state index contributed by atoms with van der Waals surface area (Å²) < 4.78 is 15.3. The van der Waals surface area contributed by atoms with E-state index in [1.165, 1.54) is 14.2 Å². The van der Waals surface area contributed by atoms with Crippen LogP contribution in [0, 0.1) is 0 Å². The molecule has 0 amide bonds. The minimum absolute atomic E-state index is 0.128. The number of carbonyl (C=O) groups is 2. The van der Waals surface area contributed by atoms with Gasteiger partial charge in [-0.15, -0.1) is 0 Å². The van der Waals surface area contributed by atoms with Crippen LogP contribution in [0.1, 0.15) is 15.9 Å². The average molecular weight is 314 g/mol. The SMILES string of the molecule is COc1ccc(OC)c(C(=O)COC(=O)Cc2ccccc2)c1. The second-order valence-corrected chi connectivity index (χ2v) is 4.81. The van der Waals surface area contributed by atoms with Crippen LogP contribution in [0.3, 0.4) is 0 Å². The van der Waals surface area contributed by atoms with Crippen LogP contribution in [-0.2, 0) is 16.0 Å². The number of esters is 1. The molecule has 2 aromatic carbocycles. The molecule has 0 fully saturated rings. The van der Waals surface area contributed by atoms with Crippen LogP contribution in [0.25, 0.3) is 0 Å². The van der Waals surface area contributed by atoms with Crippen molar-refractivity contribution in [2.75, 3.05) is 20.8 Å². The fourth-order valence-corrected chi connectivity index (χ4v) is 2.07. The highest BCUT2D eigenvalue weighted by Gasteiger charge is 2.16. The Morgan fingerprint density at radius 3 is 2.35 bits per heavy atom. The molecule has 0 unspecified atom stereocenters. The Balaban J connectivity index is 1.98. The number of ketones is 1. The van der Waals surface area contributed by atoms with Crippen LogP contribution in [-0.4, -0.2) is 32.6 Å². The first-order valence-electron chi connectivity index (χ1n) is 7.09. The third kappa shape index (κ3) is 4.57. The molecule has 2 aromatic rings. The Labute approximate surface area is 134 Å². The summed E-state index contributed by atoms with van der Waals surface area (Å²) in [5, 5.41) is 0. The predicted octanol–water partition coefficient (Wildman–Crippen LogP) is 2.67. The Morgan fingerprint density at radius 2 is 1.70 bits per heavy atom. The van der Waals surface area contributed by atoms with Gasteiger partial charge in [-0.2, -0.15) is 0 Å². The van der Waals surface area contributed by atoms with Crippen molar-refractivity contribution in [1.82, 2.24) is 0 Å². The number of benzene rings is 2. The van der Waals surface area contributed by atoms with Crippen molar-refractivity contribution in [3.8, 4) is 11.5 Å². The minimum atomic E-state index is -0.452. The maximum absolute atomic E-state index is 12.2. The Hall–Kier alpha value is -2.82. The molecule has 0 saturated carbocycles. The molecule has 0 aromatic heterocycles. The first kappa shape index (κ1) is 16.5. The summed E-state index contributed by atoms with van der Waals surface area (Å²) in [5.74, 6) is 0.147. The van der Waals surface area contributed by atoms with Crippen molar-refractivity contribution in [2.45, 2.75) is 6.42 Å². The molecule has 5 heteroatoms. The van der Waals surface area contributed by atoms with Gasteiger partial charge in [-0.3, -0.25) is 9.59 Å². The van der Waals surface area contributed by atoms with E-state index >= 15 is 0 Å². The molecular weight excluding hydrogens is 296 g/mol. The third-order valence-electron chi connectivity index (χ3n) is 3.26. The van der Waals surface area contributed by atoms with Gasteiger partial charge in [0.05, 0.1) is 26.2 Å². The summed E-state index contributed by atoms with van der Waals surface area (Å²) in [7, 11) is 2.98. The molecule has 120 valence electrons. The average Bonchev–Trinajstić information content (AvgIpc) is 2.60. The van der Waals surface area contributed by atoms with Crippen molar-refractivity contribution in [1.29, 1.82) is 0 Å². The molecule has 2 rings (SSSR count). The highest BCUT2D eigenvalue weighted by molar-refractivity contribution is 6.00. The molecule has 0 heterocycles. The first-order valence-corrected chi connectivity index (χ1v) is 7.09. The normalized spacial score (nSPS) is 10.0. The van der Waals surface area contributed by atoms with Gasteiger partial charge in [0, 0.05) is 0 Å². The lowest BCUT2D eigenvalue weighted by molar-refractivity contribution is -0.141. The van der Waals surface area contributed by atoms with E-state index < -0.39 is 5.97 Å². The van der Waals surface area contributed by atoms with Crippen molar-refractivity contribution in [2.24, 2.45) is 0 Å². The zero-order valence-corrected chi connectivity index (χ0v) is 13.1. The van der Waals surface area contributed by atoms with Crippen molar-refractivity contribution < 1.29 is 23.8 Å². The lowest BCUT2D eigenvalue weighted by atomic mass is 10.1. The highest BCUT2D eigenvalue weighted by atomic mass is 16.5. The van der Waals surface area contributed by atoms with Crippen molar-refractivity contribution in [3.05, 3.63) is 59.7 Å². The van der Waals surface area contributed by atoms with Crippen molar-refractivity contribution in [3.63, 3.8) is 0 Å². The summed E-state index contributed by atoms with van der Waals surface area (Å²) in [6, 6.07) is 14.1. The van der Waals surface area contributed by atoms with E-state index in [2.05, 4.69) is 0 Å². The second kappa shape index (κ2) is 7.98. The zero-order chi connectivity index (χ0) is 16.7. The maximum atomic E-state index is 12.2. The minimum Gasteiger partial charge on any atom is -0.497 e. The predicted molar refractivity (Wildman–Crippen MR) is 85.0 cm³/mol. The van der Waals surface area contributed by atoms with Crippen LogP contribution in [0.5, 0.6) is 11.5 Å². The summed E-state index contributed by atoms with van der Waals surface area (Å²) >= 11 is 0. The first-order chi connectivity index (χ1) is 11.1. The van der Waals surface area contributed by atoms with Crippen LogP contribution in [0.2, 0.25) is 0 Å². The van der Waals surface area contributed by atoms with Crippen LogP contribution < -0.4 is 9.47 Å². The van der Waals surface area contributed by atoms with E-state index in [0.717, 1.165) is 5.56 Å². The van der Waals surface area contributed by atoms with Gasteiger partial charge in [0.1, 0.15) is 11.5 Å². The molecule has 0 radical (unpaired) electrons. The Bertz CT molecular complexity index is 679. The molecule has 0 N–H and O–H groups in total. The largest absolute Gasteiger partial charge is 0.497 e. The molecule has 0 saturated heterocycles.